The van der Waals surface area contributed by atoms with Gasteiger partial charge in [0.05, 0.1) is 0 Å². The zero-order valence-corrected chi connectivity index (χ0v) is 8.40. The van der Waals surface area contributed by atoms with Gasteiger partial charge >= 0.3 is 5.51 Å². The predicted octanol–water partition coefficient (Wildman–Crippen LogP) is 4.04. The predicted molar refractivity (Wildman–Crippen MR) is 47.7 cm³/mol. The van der Waals surface area contributed by atoms with E-state index in [1.54, 1.807) is 0 Å². The molecule has 5 heteroatoms. The van der Waals surface area contributed by atoms with E-state index in [-0.39, 0.29) is 17.6 Å². The molecule has 0 fully saturated rings. The third-order valence-corrected chi connectivity index (χ3v) is 2.91. The van der Waals surface area contributed by atoms with Gasteiger partial charge in [-0.2, -0.15) is 13.2 Å². The number of hydrogen-bond donors (Lipinski definition) is 0. The fraction of sp³-hybridized carbons (Fsp3) is 1.00. The van der Waals surface area contributed by atoms with E-state index in [2.05, 4.69) is 0 Å². The smallest absolute Gasteiger partial charge is 0.160 e. The summed E-state index contributed by atoms with van der Waals surface area (Å²) in [5, 5.41) is -0.480. The maximum atomic E-state index is 11.8. The van der Waals surface area contributed by atoms with Crippen LogP contribution < -0.4 is 0 Å². The first kappa shape index (κ1) is 12.4. The van der Waals surface area contributed by atoms with Crippen molar-refractivity contribution in [2.75, 3.05) is 5.88 Å². The highest BCUT2D eigenvalue weighted by molar-refractivity contribution is 8.00. The van der Waals surface area contributed by atoms with Gasteiger partial charge in [0, 0.05) is 11.1 Å². The van der Waals surface area contributed by atoms with Gasteiger partial charge in [0.2, 0.25) is 0 Å². The fourth-order valence-electron chi connectivity index (χ4n) is 0.788. The minimum absolute atomic E-state index is 0.00986. The van der Waals surface area contributed by atoms with Crippen LogP contribution in [0.25, 0.3) is 0 Å². The van der Waals surface area contributed by atoms with E-state index >= 15 is 0 Å². The molecular weight excluding hydrogens is 209 g/mol. The van der Waals surface area contributed by atoms with Gasteiger partial charge in [0.25, 0.3) is 0 Å². The molecule has 0 aromatic heterocycles. The Morgan fingerprint density at radius 1 is 1.42 bits per heavy atom. The van der Waals surface area contributed by atoms with E-state index in [1.165, 1.54) is 0 Å². The summed E-state index contributed by atoms with van der Waals surface area (Å²) in [6, 6.07) is 0. The van der Waals surface area contributed by atoms with Crippen molar-refractivity contribution in [3.63, 3.8) is 0 Å². The lowest BCUT2D eigenvalue weighted by Gasteiger charge is -2.14. The van der Waals surface area contributed by atoms with E-state index in [0.29, 0.717) is 6.42 Å². The van der Waals surface area contributed by atoms with Crippen LogP contribution >= 0.6 is 23.4 Å². The summed E-state index contributed by atoms with van der Waals surface area (Å²) >= 11 is 5.40. The molecule has 0 aliphatic heterocycles. The Bertz CT molecular complexity index is 116. The van der Waals surface area contributed by atoms with Gasteiger partial charge in [-0.25, -0.2) is 0 Å². The van der Waals surface area contributed by atoms with Gasteiger partial charge in [-0.3, -0.25) is 0 Å². The van der Waals surface area contributed by atoms with Crippen LogP contribution in [0.15, 0.2) is 0 Å². The minimum atomic E-state index is -4.15. The van der Waals surface area contributed by atoms with Crippen LogP contribution in [0, 0.1) is 0 Å². The van der Waals surface area contributed by atoms with Crippen molar-refractivity contribution in [1.82, 2.24) is 0 Å². The van der Waals surface area contributed by atoms with Crippen LogP contribution in [0.5, 0.6) is 0 Å². The first-order chi connectivity index (χ1) is 5.49. The first-order valence-corrected chi connectivity index (χ1v) is 5.21. The van der Waals surface area contributed by atoms with Crippen LogP contribution in [-0.2, 0) is 0 Å². The van der Waals surface area contributed by atoms with Crippen molar-refractivity contribution in [2.24, 2.45) is 0 Å². The molecule has 0 heterocycles. The normalized spacial score (nSPS) is 14.8. The quantitative estimate of drug-likeness (QED) is 0.631. The Morgan fingerprint density at radius 2 is 2.00 bits per heavy atom. The average Bonchev–Trinajstić information content (AvgIpc) is 1.95. The largest absolute Gasteiger partial charge is 0.442 e. The van der Waals surface area contributed by atoms with Crippen molar-refractivity contribution in [3.8, 4) is 0 Å². The van der Waals surface area contributed by atoms with Gasteiger partial charge < -0.3 is 0 Å². The van der Waals surface area contributed by atoms with Gasteiger partial charge in [0.1, 0.15) is 0 Å². The Kier molecular flexibility index (Phi) is 6.19. The minimum Gasteiger partial charge on any atom is -0.160 e. The van der Waals surface area contributed by atoms with E-state index < -0.39 is 10.8 Å². The Morgan fingerprint density at radius 3 is 2.33 bits per heavy atom. The van der Waals surface area contributed by atoms with Crippen LogP contribution in [0.4, 0.5) is 13.2 Å². The molecular formula is C7H12ClF3S. The van der Waals surface area contributed by atoms with Crippen molar-refractivity contribution >= 4 is 23.4 Å². The number of rotatable bonds is 5. The number of thioether (sulfide) groups is 1. The molecule has 0 rings (SSSR count). The molecule has 1 atom stereocenters. The van der Waals surface area contributed by atoms with Crippen LogP contribution in [0.2, 0.25) is 0 Å². The lowest BCUT2D eigenvalue weighted by molar-refractivity contribution is -0.0333. The summed E-state index contributed by atoms with van der Waals surface area (Å²) in [5.41, 5.74) is -4.15. The lowest BCUT2D eigenvalue weighted by atomic mass is 10.2. The standard InChI is InChI=1S/C7H12ClF3S/c1-2-3-4-6(5-8)12-7(9,10)11/h6H,2-5H2,1H3. The summed E-state index contributed by atoms with van der Waals surface area (Å²) < 4.78 is 35.5. The van der Waals surface area contributed by atoms with E-state index in [4.69, 9.17) is 11.6 Å². The SMILES string of the molecule is CCCCC(CCl)SC(F)(F)F. The molecule has 0 aromatic rings. The molecule has 0 spiro atoms. The van der Waals surface area contributed by atoms with Gasteiger partial charge in [-0.05, 0) is 18.2 Å². The molecule has 0 saturated heterocycles. The molecule has 0 aliphatic carbocycles. The zero-order chi connectivity index (χ0) is 9.61. The van der Waals surface area contributed by atoms with Gasteiger partial charge in [-0.1, -0.05) is 19.8 Å². The Labute approximate surface area is 79.9 Å². The zero-order valence-electron chi connectivity index (χ0n) is 6.83. The molecule has 0 N–H and O–H groups in total. The lowest BCUT2D eigenvalue weighted by Crippen LogP contribution is -2.13. The monoisotopic (exact) mass is 220 g/mol. The molecule has 0 radical (unpaired) electrons. The average molecular weight is 221 g/mol. The second-order valence-electron chi connectivity index (χ2n) is 2.48. The first-order valence-electron chi connectivity index (χ1n) is 3.80. The van der Waals surface area contributed by atoms with Gasteiger partial charge in [-0.15, -0.1) is 11.6 Å². The Hall–Kier alpha value is 0.430. The highest BCUT2D eigenvalue weighted by Gasteiger charge is 2.32. The number of alkyl halides is 4. The third kappa shape index (κ3) is 7.10. The van der Waals surface area contributed by atoms with E-state index in [1.807, 2.05) is 6.92 Å². The highest BCUT2D eigenvalue weighted by atomic mass is 35.5. The molecule has 0 aromatic carbocycles. The fourth-order valence-corrected chi connectivity index (χ4v) is 1.86. The topological polar surface area (TPSA) is 0 Å². The molecule has 0 amide bonds. The molecule has 0 bridgehead atoms. The van der Waals surface area contributed by atoms with Crippen molar-refractivity contribution in [3.05, 3.63) is 0 Å². The molecule has 0 saturated carbocycles. The Balaban J connectivity index is 3.67. The molecule has 1 unspecified atom stereocenters. The highest BCUT2D eigenvalue weighted by Crippen LogP contribution is 2.36. The van der Waals surface area contributed by atoms with Crippen LogP contribution in [0.1, 0.15) is 26.2 Å². The maximum Gasteiger partial charge on any atom is 0.442 e. The molecule has 0 aliphatic rings. The van der Waals surface area contributed by atoms with Crippen LogP contribution in [0.3, 0.4) is 0 Å². The molecule has 0 nitrogen and oxygen atoms in total. The summed E-state index contributed by atoms with van der Waals surface area (Å²) in [6.45, 7) is 1.95. The van der Waals surface area contributed by atoms with E-state index in [0.717, 1.165) is 12.8 Å². The summed E-state index contributed by atoms with van der Waals surface area (Å²) in [5.74, 6) is 0.0736. The summed E-state index contributed by atoms with van der Waals surface area (Å²) in [4.78, 5) is 0. The summed E-state index contributed by atoms with van der Waals surface area (Å²) in [7, 11) is 0. The molecule has 74 valence electrons. The van der Waals surface area contributed by atoms with Crippen molar-refractivity contribution in [1.29, 1.82) is 0 Å². The van der Waals surface area contributed by atoms with Crippen molar-refractivity contribution < 1.29 is 13.2 Å². The van der Waals surface area contributed by atoms with E-state index in [9.17, 15) is 13.2 Å². The van der Waals surface area contributed by atoms with Crippen molar-refractivity contribution in [2.45, 2.75) is 36.9 Å². The second kappa shape index (κ2) is 5.97. The van der Waals surface area contributed by atoms with Gasteiger partial charge in [0.15, 0.2) is 0 Å². The number of unbranched alkanes of at least 4 members (excludes halogenated alkanes) is 1. The number of hydrogen-bond acceptors (Lipinski definition) is 1. The molecule has 12 heavy (non-hydrogen) atoms. The third-order valence-electron chi connectivity index (χ3n) is 1.35. The number of halogens is 4. The second-order valence-corrected chi connectivity index (χ2v) is 4.16. The summed E-state index contributed by atoms with van der Waals surface area (Å²) in [6.07, 6.45) is 2.26. The van der Waals surface area contributed by atoms with Crippen LogP contribution in [-0.4, -0.2) is 16.6 Å². The maximum absolute atomic E-state index is 11.8.